The monoisotopic (exact) mass is 409 g/mol. The summed E-state index contributed by atoms with van der Waals surface area (Å²) >= 11 is 11.5. The zero-order chi connectivity index (χ0) is 11.5. The van der Waals surface area contributed by atoms with Gasteiger partial charge in [-0.15, -0.1) is 0 Å². The van der Waals surface area contributed by atoms with E-state index < -0.39 is 0 Å². The molecule has 0 bridgehead atoms. The van der Waals surface area contributed by atoms with Crippen LogP contribution < -0.4 is 5.32 Å². The highest BCUT2D eigenvalue weighted by Gasteiger charge is 2.02. The molecule has 0 radical (unpaired) electrons. The molecule has 0 saturated heterocycles. The van der Waals surface area contributed by atoms with Crippen LogP contribution in [0.5, 0.6) is 0 Å². The van der Waals surface area contributed by atoms with Crippen molar-refractivity contribution < 1.29 is 0 Å². The minimum atomic E-state index is 0.545. The fourth-order valence-electron chi connectivity index (χ4n) is 1.09. The zero-order valence-electron chi connectivity index (χ0n) is 7.92. The van der Waals surface area contributed by atoms with Crippen LogP contribution in [0.15, 0.2) is 35.1 Å². The van der Waals surface area contributed by atoms with Crippen LogP contribution in [0.25, 0.3) is 0 Å². The molecule has 0 saturated carbocycles. The quantitative estimate of drug-likeness (QED) is 0.753. The van der Waals surface area contributed by atoms with Gasteiger partial charge in [-0.25, -0.2) is 9.97 Å². The number of hydrogen-bond acceptors (Lipinski definition) is 3. The Kier molecular flexibility index (Phi) is 3.99. The third-order valence-corrected chi connectivity index (χ3v) is 3.28. The van der Waals surface area contributed by atoms with E-state index >= 15 is 0 Å². The molecule has 3 nitrogen and oxygen atoms in total. The molecule has 0 amide bonds. The zero-order valence-corrected chi connectivity index (χ0v) is 12.4. The molecule has 1 aromatic carbocycles. The number of benzene rings is 1. The number of hydrogen-bond donors (Lipinski definition) is 1. The van der Waals surface area contributed by atoms with E-state index in [9.17, 15) is 0 Å². The van der Waals surface area contributed by atoms with Gasteiger partial charge in [0.15, 0.2) is 0 Å². The van der Waals surface area contributed by atoms with E-state index in [1.54, 1.807) is 12.4 Å². The lowest BCUT2D eigenvalue weighted by molar-refractivity contribution is 1.15. The molecule has 0 spiro atoms. The van der Waals surface area contributed by atoms with Crippen LogP contribution >= 0.6 is 50.1 Å². The van der Waals surface area contributed by atoms with E-state index in [4.69, 9.17) is 11.6 Å². The second-order valence-corrected chi connectivity index (χ2v) is 5.51. The summed E-state index contributed by atoms with van der Waals surface area (Å²) in [6.07, 6.45) is 3.49. The van der Waals surface area contributed by atoms with Crippen molar-refractivity contribution in [3.8, 4) is 0 Å². The van der Waals surface area contributed by atoms with Crippen LogP contribution in [0.4, 0.5) is 11.6 Å². The van der Waals surface area contributed by atoms with Crippen LogP contribution in [0.1, 0.15) is 0 Å². The summed E-state index contributed by atoms with van der Waals surface area (Å²) in [5, 5.41) is 3.75. The maximum Gasteiger partial charge on any atom is 0.227 e. The second kappa shape index (κ2) is 5.29. The van der Waals surface area contributed by atoms with Crippen molar-refractivity contribution in [3.63, 3.8) is 0 Å². The van der Waals surface area contributed by atoms with Crippen LogP contribution in [0, 0.1) is 3.57 Å². The minimum Gasteiger partial charge on any atom is -0.323 e. The predicted octanol–water partition coefficient (Wildman–Crippen LogP) is 4.24. The maximum absolute atomic E-state index is 5.91. The number of nitrogens with one attached hydrogen (secondary N) is 1. The highest BCUT2D eigenvalue weighted by molar-refractivity contribution is 14.1. The Hall–Kier alpha value is -0.400. The molecular formula is C10H6BrClIN3. The molecule has 0 aliphatic heterocycles. The number of aromatic nitrogens is 2. The largest absolute Gasteiger partial charge is 0.323 e. The first kappa shape index (κ1) is 12.1. The smallest absolute Gasteiger partial charge is 0.227 e. The average Bonchev–Trinajstić information content (AvgIpc) is 2.27. The van der Waals surface area contributed by atoms with Crippen LogP contribution in [0.2, 0.25) is 5.02 Å². The Morgan fingerprint density at radius 1 is 1.25 bits per heavy atom. The molecule has 16 heavy (non-hydrogen) atoms. The van der Waals surface area contributed by atoms with Crippen LogP contribution in [-0.4, -0.2) is 9.97 Å². The Bertz CT molecular complexity index is 504. The van der Waals surface area contributed by atoms with Gasteiger partial charge in [0.05, 0.1) is 5.69 Å². The second-order valence-electron chi connectivity index (χ2n) is 2.97. The van der Waals surface area contributed by atoms with Crippen molar-refractivity contribution in [2.75, 3.05) is 5.32 Å². The molecule has 1 N–H and O–H groups in total. The van der Waals surface area contributed by atoms with Gasteiger partial charge in [-0.2, -0.15) is 0 Å². The van der Waals surface area contributed by atoms with Crippen molar-refractivity contribution in [2.45, 2.75) is 0 Å². The molecule has 0 fully saturated rings. The third-order valence-electron chi connectivity index (χ3n) is 1.80. The van der Waals surface area contributed by atoms with Crippen molar-refractivity contribution in [1.29, 1.82) is 0 Å². The Morgan fingerprint density at radius 2 is 1.94 bits per heavy atom. The minimum absolute atomic E-state index is 0.545. The van der Waals surface area contributed by atoms with E-state index in [2.05, 4.69) is 53.8 Å². The summed E-state index contributed by atoms with van der Waals surface area (Å²) in [7, 11) is 0. The predicted molar refractivity (Wildman–Crippen MR) is 77.2 cm³/mol. The third kappa shape index (κ3) is 3.05. The summed E-state index contributed by atoms with van der Waals surface area (Å²) in [4.78, 5) is 8.30. The highest BCUT2D eigenvalue weighted by Crippen LogP contribution is 2.27. The first-order valence-corrected chi connectivity index (χ1v) is 6.60. The molecule has 2 aromatic rings. The first-order chi connectivity index (χ1) is 7.65. The van der Waals surface area contributed by atoms with Gasteiger partial charge in [0.1, 0.15) is 0 Å². The lowest BCUT2D eigenvalue weighted by Gasteiger charge is -2.06. The lowest BCUT2D eigenvalue weighted by atomic mass is 10.3. The number of nitrogens with zero attached hydrogens (tertiary/aromatic N) is 2. The summed E-state index contributed by atoms with van der Waals surface area (Å²) in [6, 6.07) is 5.50. The maximum atomic E-state index is 5.91. The fourth-order valence-corrected chi connectivity index (χ4v) is 1.89. The molecule has 6 heteroatoms. The lowest BCUT2D eigenvalue weighted by Crippen LogP contribution is -1.97. The van der Waals surface area contributed by atoms with Gasteiger partial charge < -0.3 is 5.32 Å². The van der Waals surface area contributed by atoms with E-state index in [1.807, 2.05) is 18.2 Å². The summed E-state index contributed by atoms with van der Waals surface area (Å²) in [5.41, 5.74) is 0.841. The van der Waals surface area contributed by atoms with Gasteiger partial charge in [-0.1, -0.05) is 11.6 Å². The van der Waals surface area contributed by atoms with Gasteiger partial charge in [-0.3, -0.25) is 0 Å². The average molecular weight is 410 g/mol. The molecule has 1 heterocycles. The van der Waals surface area contributed by atoms with Gasteiger partial charge in [-0.05, 0) is 56.7 Å². The van der Waals surface area contributed by atoms with E-state index in [0.717, 1.165) is 13.7 Å². The number of halogens is 3. The summed E-state index contributed by atoms with van der Waals surface area (Å²) in [6.45, 7) is 0. The molecule has 2 rings (SSSR count). The van der Waals surface area contributed by atoms with Gasteiger partial charge in [0, 0.05) is 25.5 Å². The van der Waals surface area contributed by atoms with Gasteiger partial charge in [0.25, 0.3) is 0 Å². The van der Waals surface area contributed by atoms with Crippen LogP contribution in [0.3, 0.4) is 0 Å². The molecule has 0 unspecified atom stereocenters. The van der Waals surface area contributed by atoms with E-state index in [-0.39, 0.29) is 0 Å². The Labute approximate surface area is 120 Å². The van der Waals surface area contributed by atoms with E-state index in [1.165, 1.54) is 0 Å². The SMILES string of the molecule is Clc1ccc(Br)c(Nc2ncc(I)cn2)c1. The van der Waals surface area contributed by atoms with Crippen molar-refractivity contribution in [3.05, 3.63) is 43.7 Å². The van der Waals surface area contributed by atoms with Crippen molar-refractivity contribution in [2.24, 2.45) is 0 Å². The first-order valence-electron chi connectivity index (χ1n) is 4.35. The Morgan fingerprint density at radius 3 is 2.62 bits per heavy atom. The standard InChI is InChI=1S/C10H6BrClIN3/c11-8-2-1-6(12)3-9(8)16-10-14-4-7(13)5-15-10/h1-5H,(H,14,15,16). The fraction of sp³-hybridized carbons (Fsp3) is 0. The Balaban J connectivity index is 2.26. The number of rotatable bonds is 2. The summed E-state index contributed by atoms with van der Waals surface area (Å²) < 4.78 is 1.91. The van der Waals surface area contributed by atoms with Crippen LogP contribution in [-0.2, 0) is 0 Å². The van der Waals surface area contributed by atoms with Crippen molar-refractivity contribution >= 4 is 61.8 Å². The molecular weight excluding hydrogens is 404 g/mol. The van der Waals surface area contributed by atoms with Gasteiger partial charge >= 0.3 is 0 Å². The molecule has 0 aliphatic rings. The number of anilines is 2. The van der Waals surface area contributed by atoms with Crippen molar-refractivity contribution in [1.82, 2.24) is 9.97 Å². The molecule has 82 valence electrons. The molecule has 0 atom stereocenters. The highest BCUT2D eigenvalue weighted by atomic mass is 127. The normalized spacial score (nSPS) is 10.2. The summed E-state index contributed by atoms with van der Waals surface area (Å²) in [5.74, 6) is 0.545. The van der Waals surface area contributed by atoms with Gasteiger partial charge in [0.2, 0.25) is 5.95 Å². The molecule has 0 aliphatic carbocycles. The molecule has 1 aromatic heterocycles. The topological polar surface area (TPSA) is 37.8 Å². The van der Waals surface area contributed by atoms with E-state index in [0.29, 0.717) is 11.0 Å².